The number of nitro groups is 1. The molecule has 3 rings (SSSR count). The van der Waals surface area contributed by atoms with E-state index >= 15 is 0 Å². The number of rotatable bonds is 4. The van der Waals surface area contributed by atoms with Gasteiger partial charge in [-0.15, -0.1) is 0 Å². The Kier molecular flexibility index (Phi) is 4.04. The van der Waals surface area contributed by atoms with Gasteiger partial charge in [-0.05, 0) is 12.5 Å². The molecule has 2 aromatic rings. The van der Waals surface area contributed by atoms with Crippen molar-refractivity contribution >= 4 is 17.2 Å². The van der Waals surface area contributed by atoms with Crippen molar-refractivity contribution in [1.29, 1.82) is 0 Å². The maximum Gasteiger partial charge on any atom is 0.270 e. The zero-order chi connectivity index (χ0) is 17.3. The van der Waals surface area contributed by atoms with E-state index in [4.69, 9.17) is 5.84 Å². The van der Waals surface area contributed by atoms with Gasteiger partial charge in [-0.2, -0.15) is 0 Å². The molecule has 0 amide bonds. The Morgan fingerprint density at radius 2 is 2.00 bits per heavy atom. The van der Waals surface area contributed by atoms with Crippen LogP contribution in [0, 0.1) is 10.1 Å². The second-order valence-corrected chi connectivity index (χ2v) is 5.64. The largest absolute Gasteiger partial charge is 0.362 e. The molecule has 0 radical (unpaired) electrons. The summed E-state index contributed by atoms with van der Waals surface area (Å²) in [7, 11) is 0. The van der Waals surface area contributed by atoms with Crippen molar-refractivity contribution < 1.29 is 10.0 Å². The van der Waals surface area contributed by atoms with Crippen molar-refractivity contribution in [2.45, 2.75) is 25.5 Å². The molecular formula is C17H18N4O3. The minimum atomic E-state index is -1.71. The lowest BCUT2D eigenvalue weighted by Crippen LogP contribution is -2.56. The third-order valence-electron chi connectivity index (χ3n) is 4.09. The molecule has 1 unspecified atom stereocenters. The van der Waals surface area contributed by atoms with E-state index in [9.17, 15) is 15.2 Å². The van der Waals surface area contributed by atoms with Crippen LogP contribution >= 0.6 is 0 Å². The highest BCUT2D eigenvalue weighted by molar-refractivity contribution is 5.88. The van der Waals surface area contributed by atoms with Crippen molar-refractivity contribution in [2.75, 3.05) is 0 Å². The molecular weight excluding hydrogens is 308 g/mol. The maximum absolute atomic E-state index is 11.5. The van der Waals surface area contributed by atoms with Crippen LogP contribution in [-0.2, 0) is 5.72 Å². The number of hydrazine groups is 1. The van der Waals surface area contributed by atoms with Crippen LogP contribution in [0.5, 0.6) is 0 Å². The normalized spacial score (nSPS) is 19.6. The van der Waals surface area contributed by atoms with Crippen LogP contribution in [0.4, 0.5) is 11.4 Å². The fourth-order valence-corrected chi connectivity index (χ4v) is 2.89. The van der Waals surface area contributed by atoms with E-state index in [-0.39, 0.29) is 5.69 Å². The van der Waals surface area contributed by atoms with Crippen LogP contribution in [0.2, 0.25) is 0 Å². The van der Waals surface area contributed by atoms with Crippen LogP contribution in [0.25, 0.3) is 0 Å². The standard InChI is InChI=1S/C17H18N4O3/c1-2-6-16-19-15-10-9-13(21(23)24)11-14(15)17(22,20(16)18)12-7-4-3-5-8-12/h3-5,7-11,22H,2,6,18H2,1H3. The molecule has 1 atom stereocenters. The summed E-state index contributed by atoms with van der Waals surface area (Å²) in [4.78, 5) is 15.1. The van der Waals surface area contributed by atoms with Gasteiger partial charge in [-0.1, -0.05) is 37.3 Å². The number of aliphatic imine (C=N–C) groups is 1. The number of fused-ring (bicyclic) bond motifs is 1. The van der Waals surface area contributed by atoms with Crippen molar-refractivity contribution in [3.8, 4) is 0 Å². The van der Waals surface area contributed by atoms with Crippen LogP contribution < -0.4 is 5.84 Å². The SMILES string of the molecule is CCCC1=Nc2ccc([N+](=O)[O-])cc2C(O)(c2ccccc2)N1N. The summed E-state index contributed by atoms with van der Waals surface area (Å²) in [5, 5.41) is 23.8. The minimum absolute atomic E-state index is 0.120. The Hall–Kier alpha value is -2.77. The molecule has 0 fully saturated rings. The van der Waals surface area contributed by atoms with Crippen LogP contribution in [-0.4, -0.2) is 20.9 Å². The van der Waals surface area contributed by atoms with Crippen molar-refractivity contribution in [3.05, 3.63) is 69.8 Å². The second-order valence-electron chi connectivity index (χ2n) is 5.64. The van der Waals surface area contributed by atoms with Crippen molar-refractivity contribution in [3.63, 3.8) is 0 Å². The van der Waals surface area contributed by atoms with E-state index in [1.54, 1.807) is 30.3 Å². The first-order valence-electron chi connectivity index (χ1n) is 7.67. The van der Waals surface area contributed by atoms with Crippen LogP contribution in [0.1, 0.15) is 30.9 Å². The Balaban J connectivity index is 2.27. The summed E-state index contributed by atoms with van der Waals surface area (Å²) in [6.45, 7) is 1.99. The maximum atomic E-state index is 11.5. The van der Waals surface area contributed by atoms with Crippen LogP contribution in [0.15, 0.2) is 53.5 Å². The number of nitrogens with zero attached hydrogens (tertiary/aromatic N) is 3. The smallest absolute Gasteiger partial charge is 0.270 e. The third kappa shape index (κ3) is 2.44. The van der Waals surface area contributed by atoms with Gasteiger partial charge >= 0.3 is 0 Å². The summed E-state index contributed by atoms with van der Waals surface area (Å²) in [6.07, 6.45) is 1.39. The molecule has 24 heavy (non-hydrogen) atoms. The molecule has 0 aromatic heterocycles. The molecule has 7 nitrogen and oxygen atoms in total. The van der Waals surface area contributed by atoms with Gasteiger partial charge < -0.3 is 5.11 Å². The Morgan fingerprint density at radius 1 is 1.29 bits per heavy atom. The van der Waals surface area contributed by atoms with Crippen molar-refractivity contribution in [1.82, 2.24) is 5.01 Å². The summed E-state index contributed by atoms with van der Waals surface area (Å²) in [5.74, 6) is 6.73. The molecule has 0 saturated heterocycles. The summed E-state index contributed by atoms with van der Waals surface area (Å²) in [5.41, 5.74) is -0.528. The zero-order valence-electron chi connectivity index (χ0n) is 13.2. The predicted molar refractivity (Wildman–Crippen MR) is 90.6 cm³/mol. The van der Waals surface area contributed by atoms with Gasteiger partial charge in [0.15, 0.2) is 0 Å². The van der Waals surface area contributed by atoms with Crippen LogP contribution in [0.3, 0.4) is 0 Å². The summed E-state index contributed by atoms with van der Waals surface area (Å²) >= 11 is 0. The first kappa shape index (κ1) is 16.1. The lowest BCUT2D eigenvalue weighted by Gasteiger charge is -2.42. The number of nitro benzene ring substituents is 1. The predicted octanol–water partition coefficient (Wildman–Crippen LogP) is 2.81. The molecule has 124 valence electrons. The molecule has 1 aliphatic rings. The highest BCUT2D eigenvalue weighted by Crippen LogP contribution is 2.42. The van der Waals surface area contributed by atoms with E-state index in [2.05, 4.69) is 4.99 Å². The summed E-state index contributed by atoms with van der Waals surface area (Å²) in [6, 6.07) is 13.1. The topological polar surface area (TPSA) is 105 Å². The van der Waals surface area contributed by atoms with E-state index in [0.717, 1.165) is 6.42 Å². The van der Waals surface area contributed by atoms with E-state index in [1.165, 1.54) is 17.1 Å². The number of non-ortho nitro benzene ring substituents is 1. The molecule has 1 aliphatic heterocycles. The second kappa shape index (κ2) is 6.03. The lowest BCUT2D eigenvalue weighted by atomic mass is 9.90. The Bertz CT molecular complexity index is 807. The fraction of sp³-hybridized carbons (Fsp3) is 0.235. The fourth-order valence-electron chi connectivity index (χ4n) is 2.89. The number of amidine groups is 1. The van der Waals surface area contributed by atoms with Gasteiger partial charge in [0.2, 0.25) is 5.72 Å². The highest BCUT2D eigenvalue weighted by atomic mass is 16.6. The van der Waals surface area contributed by atoms with E-state index in [1.807, 2.05) is 13.0 Å². The van der Waals surface area contributed by atoms with Gasteiger partial charge in [0, 0.05) is 29.7 Å². The molecule has 3 N–H and O–H groups in total. The number of hydrogen-bond acceptors (Lipinski definition) is 6. The molecule has 7 heteroatoms. The number of aliphatic hydroxyl groups is 1. The first-order chi connectivity index (χ1) is 11.5. The number of benzene rings is 2. The zero-order valence-corrected chi connectivity index (χ0v) is 13.2. The molecule has 2 aromatic carbocycles. The monoisotopic (exact) mass is 326 g/mol. The number of hydrogen-bond donors (Lipinski definition) is 2. The number of nitrogens with two attached hydrogens (primary N) is 1. The van der Waals surface area contributed by atoms with Gasteiger partial charge in [0.25, 0.3) is 5.69 Å². The molecule has 1 heterocycles. The molecule has 0 bridgehead atoms. The van der Waals surface area contributed by atoms with E-state index in [0.29, 0.717) is 29.1 Å². The van der Waals surface area contributed by atoms with Gasteiger partial charge in [0.05, 0.1) is 10.6 Å². The lowest BCUT2D eigenvalue weighted by molar-refractivity contribution is -0.385. The van der Waals surface area contributed by atoms with Gasteiger partial charge in [-0.3, -0.25) is 15.1 Å². The Morgan fingerprint density at radius 3 is 2.62 bits per heavy atom. The van der Waals surface area contributed by atoms with Crippen molar-refractivity contribution in [2.24, 2.45) is 10.8 Å². The summed E-state index contributed by atoms with van der Waals surface area (Å²) < 4.78 is 0. The molecule has 0 aliphatic carbocycles. The van der Waals surface area contributed by atoms with Gasteiger partial charge in [-0.25, -0.2) is 10.8 Å². The molecule has 0 saturated carbocycles. The minimum Gasteiger partial charge on any atom is -0.362 e. The third-order valence-corrected chi connectivity index (χ3v) is 4.09. The average molecular weight is 326 g/mol. The quantitative estimate of drug-likeness (QED) is 0.510. The highest BCUT2D eigenvalue weighted by Gasteiger charge is 2.44. The molecule has 0 spiro atoms. The first-order valence-corrected chi connectivity index (χ1v) is 7.67. The Labute approximate surface area is 139 Å². The van der Waals surface area contributed by atoms with Gasteiger partial charge in [0.1, 0.15) is 5.84 Å². The van der Waals surface area contributed by atoms with E-state index < -0.39 is 10.6 Å². The average Bonchev–Trinajstić information content (AvgIpc) is 2.60.